The van der Waals surface area contributed by atoms with Gasteiger partial charge in [0.25, 0.3) is 0 Å². The first-order valence-corrected chi connectivity index (χ1v) is 8.42. The quantitative estimate of drug-likeness (QED) is 0.884. The normalized spacial score (nSPS) is 17.2. The van der Waals surface area contributed by atoms with Gasteiger partial charge in [-0.05, 0) is 44.0 Å². The Morgan fingerprint density at radius 2 is 2.15 bits per heavy atom. The Balaban J connectivity index is 1.63. The Kier molecular flexibility index (Phi) is 5.60. The van der Waals surface area contributed by atoms with E-state index in [1.165, 1.54) is 12.1 Å². The molecule has 2 aromatic rings. The standard InChI is InChI=1S/C18H20F2N4O2/c1-12-7-8-16(23-22-12)24-9-3-4-13(11-24)17(25)21-14-5-2-6-15(10-14)26-18(19)20/h2,5-8,10,13,18H,3-4,9,11H2,1H3,(H,21,25). The van der Waals surface area contributed by atoms with Crippen molar-refractivity contribution in [3.8, 4) is 5.75 Å². The average molecular weight is 362 g/mol. The monoisotopic (exact) mass is 362 g/mol. The molecule has 1 aliphatic rings. The van der Waals surface area contributed by atoms with Crippen LogP contribution in [0.1, 0.15) is 18.5 Å². The fourth-order valence-electron chi connectivity index (χ4n) is 2.95. The Morgan fingerprint density at radius 3 is 2.88 bits per heavy atom. The second kappa shape index (κ2) is 8.07. The molecular weight excluding hydrogens is 342 g/mol. The van der Waals surface area contributed by atoms with Crippen LogP contribution in [0, 0.1) is 12.8 Å². The van der Waals surface area contributed by atoms with Crippen molar-refractivity contribution in [3.63, 3.8) is 0 Å². The number of nitrogens with zero attached hydrogens (tertiary/aromatic N) is 3. The Labute approximate surface area is 150 Å². The van der Waals surface area contributed by atoms with Gasteiger partial charge in [0, 0.05) is 24.8 Å². The molecule has 1 unspecified atom stereocenters. The number of piperidine rings is 1. The third-order valence-corrected chi connectivity index (χ3v) is 4.23. The topological polar surface area (TPSA) is 67.4 Å². The van der Waals surface area contributed by atoms with E-state index in [0.29, 0.717) is 12.2 Å². The first-order chi connectivity index (χ1) is 12.5. The van der Waals surface area contributed by atoms with Crippen molar-refractivity contribution in [1.29, 1.82) is 0 Å². The largest absolute Gasteiger partial charge is 0.435 e. The summed E-state index contributed by atoms with van der Waals surface area (Å²) in [5.74, 6) is 0.397. The van der Waals surface area contributed by atoms with Crippen molar-refractivity contribution in [2.24, 2.45) is 5.92 Å². The van der Waals surface area contributed by atoms with Gasteiger partial charge in [-0.2, -0.15) is 13.9 Å². The van der Waals surface area contributed by atoms with Crippen LogP contribution in [-0.2, 0) is 4.79 Å². The highest BCUT2D eigenvalue weighted by Crippen LogP contribution is 2.24. The number of aryl methyl sites for hydroxylation is 1. The third kappa shape index (κ3) is 4.65. The van der Waals surface area contributed by atoms with E-state index in [-0.39, 0.29) is 17.6 Å². The molecule has 1 aromatic carbocycles. The van der Waals surface area contributed by atoms with Gasteiger partial charge in [-0.3, -0.25) is 4.79 Å². The number of carbonyl (C=O) groups excluding carboxylic acids is 1. The molecule has 0 bridgehead atoms. The number of nitrogens with one attached hydrogen (secondary N) is 1. The van der Waals surface area contributed by atoms with Gasteiger partial charge >= 0.3 is 6.61 Å². The van der Waals surface area contributed by atoms with Crippen LogP contribution in [0.5, 0.6) is 5.75 Å². The van der Waals surface area contributed by atoms with Gasteiger partial charge < -0.3 is 15.0 Å². The molecule has 1 aromatic heterocycles. The van der Waals surface area contributed by atoms with Crippen molar-refractivity contribution < 1.29 is 18.3 Å². The van der Waals surface area contributed by atoms with E-state index in [9.17, 15) is 13.6 Å². The molecule has 1 N–H and O–H groups in total. The van der Waals surface area contributed by atoms with E-state index < -0.39 is 6.61 Å². The summed E-state index contributed by atoms with van der Waals surface area (Å²) in [6.07, 6.45) is 1.62. The van der Waals surface area contributed by atoms with Crippen LogP contribution < -0.4 is 15.0 Å². The van der Waals surface area contributed by atoms with Gasteiger partial charge in [-0.25, -0.2) is 0 Å². The molecular formula is C18H20F2N4O2. The third-order valence-electron chi connectivity index (χ3n) is 4.23. The number of alkyl halides is 2. The zero-order chi connectivity index (χ0) is 18.5. The molecule has 0 spiro atoms. The smallest absolute Gasteiger partial charge is 0.387 e. The molecule has 138 valence electrons. The highest BCUT2D eigenvalue weighted by Gasteiger charge is 2.26. The van der Waals surface area contributed by atoms with Crippen LogP contribution in [0.15, 0.2) is 36.4 Å². The van der Waals surface area contributed by atoms with Crippen molar-refractivity contribution in [2.75, 3.05) is 23.3 Å². The molecule has 2 heterocycles. The summed E-state index contributed by atoms with van der Waals surface area (Å²) in [6, 6.07) is 9.79. The molecule has 1 atom stereocenters. The summed E-state index contributed by atoms with van der Waals surface area (Å²) in [4.78, 5) is 14.6. The van der Waals surface area contributed by atoms with E-state index in [1.807, 2.05) is 24.0 Å². The summed E-state index contributed by atoms with van der Waals surface area (Å²) in [5, 5.41) is 11.0. The van der Waals surface area contributed by atoms with Gasteiger partial charge in [0.15, 0.2) is 5.82 Å². The number of rotatable bonds is 5. The summed E-state index contributed by atoms with van der Waals surface area (Å²) in [5.41, 5.74) is 1.27. The number of halogens is 2. The summed E-state index contributed by atoms with van der Waals surface area (Å²) >= 11 is 0. The minimum Gasteiger partial charge on any atom is -0.435 e. The fraction of sp³-hybridized carbons (Fsp3) is 0.389. The summed E-state index contributed by atoms with van der Waals surface area (Å²) < 4.78 is 29.0. The van der Waals surface area contributed by atoms with Crippen molar-refractivity contribution in [2.45, 2.75) is 26.4 Å². The zero-order valence-corrected chi connectivity index (χ0v) is 14.4. The molecule has 0 saturated carbocycles. The summed E-state index contributed by atoms with van der Waals surface area (Å²) in [7, 11) is 0. The van der Waals surface area contributed by atoms with Crippen LogP contribution in [0.2, 0.25) is 0 Å². The fourth-order valence-corrected chi connectivity index (χ4v) is 2.95. The van der Waals surface area contributed by atoms with Crippen LogP contribution in [0.25, 0.3) is 0 Å². The van der Waals surface area contributed by atoms with Crippen molar-refractivity contribution in [3.05, 3.63) is 42.1 Å². The number of hydrogen-bond donors (Lipinski definition) is 1. The number of amides is 1. The minimum absolute atomic E-state index is 0.0120. The molecule has 8 heteroatoms. The Hall–Kier alpha value is -2.77. The average Bonchev–Trinajstić information content (AvgIpc) is 2.62. The van der Waals surface area contributed by atoms with E-state index in [2.05, 4.69) is 20.3 Å². The second-order valence-electron chi connectivity index (χ2n) is 6.21. The molecule has 1 saturated heterocycles. The maximum Gasteiger partial charge on any atom is 0.387 e. The zero-order valence-electron chi connectivity index (χ0n) is 14.4. The van der Waals surface area contributed by atoms with E-state index in [4.69, 9.17) is 0 Å². The molecule has 1 aliphatic heterocycles. The number of ether oxygens (including phenoxy) is 1. The molecule has 0 radical (unpaired) electrons. The van der Waals surface area contributed by atoms with E-state index in [0.717, 1.165) is 30.9 Å². The molecule has 0 aliphatic carbocycles. The maximum absolute atomic E-state index is 12.6. The molecule has 6 nitrogen and oxygen atoms in total. The molecule has 1 fully saturated rings. The first kappa shape index (κ1) is 18.0. The van der Waals surface area contributed by atoms with Crippen LogP contribution >= 0.6 is 0 Å². The van der Waals surface area contributed by atoms with Gasteiger partial charge in [0.2, 0.25) is 5.91 Å². The van der Waals surface area contributed by atoms with Crippen LogP contribution in [0.4, 0.5) is 20.3 Å². The number of hydrogen-bond acceptors (Lipinski definition) is 5. The number of anilines is 2. The first-order valence-electron chi connectivity index (χ1n) is 8.42. The molecule has 1 amide bonds. The predicted octanol–water partition coefficient (Wildman–Crippen LogP) is 3.24. The predicted molar refractivity (Wildman–Crippen MR) is 93.4 cm³/mol. The lowest BCUT2D eigenvalue weighted by atomic mass is 9.97. The highest BCUT2D eigenvalue weighted by molar-refractivity contribution is 5.93. The van der Waals surface area contributed by atoms with Crippen LogP contribution in [0.3, 0.4) is 0 Å². The lowest BCUT2D eigenvalue weighted by Gasteiger charge is -2.32. The van der Waals surface area contributed by atoms with Crippen molar-refractivity contribution >= 4 is 17.4 Å². The lowest BCUT2D eigenvalue weighted by Crippen LogP contribution is -2.41. The van der Waals surface area contributed by atoms with Crippen LogP contribution in [-0.4, -0.2) is 35.8 Å². The maximum atomic E-state index is 12.6. The lowest BCUT2D eigenvalue weighted by molar-refractivity contribution is -0.120. The SMILES string of the molecule is Cc1ccc(N2CCCC(C(=O)Nc3cccc(OC(F)F)c3)C2)nn1. The van der Waals surface area contributed by atoms with Crippen molar-refractivity contribution in [1.82, 2.24) is 10.2 Å². The van der Waals surface area contributed by atoms with Gasteiger partial charge in [0.1, 0.15) is 5.75 Å². The Bertz CT molecular complexity index is 755. The Morgan fingerprint density at radius 1 is 1.31 bits per heavy atom. The van der Waals surface area contributed by atoms with Gasteiger partial charge in [-0.15, -0.1) is 5.10 Å². The van der Waals surface area contributed by atoms with Gasteiger partial charge in [0.05, 0.1) is 11.6 Å². The minimum atomic E-state index is -2.90. The number of carbonyl (C=O) groups is 1. The number of benzene rings is 1. The van der Waals surface area contributed by atoms with E-state index in [1.54, 1.807) is 12.1 Å². The van der Waals surface area contributed by atoms with E-state index >= 15 is 0 Å². The number of aromatic nitrogens is 2. The second-order valence-corrected chi connectivity index (χ2v) is 6.21. The van der Waals surface area contributed by atoms with Gasteiger partial charge in [-0.1, -0.05) is 6.07 Å². The molecule has 3 rings (SSSR count). The summed E-state index contributed by atoms with van der Waals surface area (Å²) in [6.45, 7) is 0.328. The highest BCUT2D eigenvalue weighted by atomic mass is 19.3. The molecule has 26 heavy (non-hydrogen) atoms.